The van der Waals surface area contributed by atoms with Gasteiger partial charge in [0.05, 0.1) is 17.4 Å². The lowest BCUT2D eigenvalue weighted by atomic mass is 10.2. The molecule has 10 nitrogen and oxygen atoms in total. The second kappa shape index (κ2) is 7.55. The molecule has 0 radical (unpaired) electrons. The number of hydrogen-bond acceptors (Lipinski definition) is 5. The fourth-order valence-electron chi connectivity index (χ4n) is 3.74. The van der Waals surface area contributed by atoms with Crippen LogP contribution in [0, 0.1) is 5.82 Å². The highest BCUT2D eigenvalue weighted by atomic mass is 19.1. The predicted molar refractivity (Wildman–Crippen MR) is 120 cm³/mol. The number of nitrogens with one attached hydrogen (secondary N) is 2. The normalized spacial score (nSPS) is 11.4. The Hall–Kier alpha value is -4.54. The topological polar surface area (TPSA) is 120 Å². The molecule has 0 aliphatic heterocycles. The first-order valence-corrected chi connectivity index (χ1v) is 9.98. The maximum absolute atomic E-state index is 13.5. The van der Waals surface area contributed by atoms with Gasteiger partial charge in [-0.1, -0.05) is 12.1 Å². The van der Waals surface area contributed by atoms with E-state index in [1.165, 1.54) is 34.6 Å². The van der Waals surface area contributed by atoms with Gasteiger partial charge in [0.1, 0.15) is 18.2 Å². The summed E-state index contributed by atoms with van der Waals surface area (Å²) in [6.07, 6.45) is 1.44. The highest BCUT2D eigenvalue weighted by Crippen LogP contribution is 2.23. The Morgan fingerprint density at radius 3 is 2.76 bits per heavy atom. The van der Waals surface area contributed by atoms with E-state index in [0.717, 1.165) is 4.57 Å². The maximum Gasteiger partial charge on any atom is 0.332 e. The van der Waals surface area contributed by atoms with Gasteiger partial charge in [-0.2, -0.15) is 0 Å². The van der Waals surface area contributed by atoms with Crippen molar-refractivity contribution in [3.8, 4) is 11.4 Å². The minimum atomic E-state index is -0.634. The first-order valence-electron chi connectivity index (χ1n) is 9.98. The Morgan fingerprint density at radius 2 is 1.97 bits per heavy atom. The fourth-order valence-corrected chi connectivity index (χ4v) is 3.74. The zero-order chi connectivity index (χ0) is 23.3. The van der Waals surface area contributed by atoms with Gasteiger partial charge in [0.25, 0.3) is 5.56 Å². The van der Waals surface area contributed by atoms with E-state index in [-0.39, 0.29) is 17.0 Å². The molecule has 0 unspecified atom stereocenters. The van der Waals surface area contributed by atoms with E-state index < -0.39 is 23.7 Å². The predicted octanol–water partition coefficient (Wildman–Crippen LogP) is 1.75. The lowest BCUT2D eigenvalue weighted by Crippen LogP contribution is -2.42. The van der Waals surface area contributed by atoms with Crippen LogP contribution in [0.4, 0.5) is 10.1 Å². The second-order valence-electron chi connectivity index (χ2n) is 7.64. The lowest BCUT2D eigenvalue weighted by molar-refractivity contribution is -0.116. The number of rotatable bonds is 4. The summed E-state index contributed by atoms with van der Waals surface area (Å²) in [6.45, 7) is -0.456. The molecule has 0 saturated carbocycles. The van der Waals surface area contributed by atoms with Gasteiger partial charge < -0.3 is 14.9 Å². The Morgan fingerprint density at radius 1 is 1.15 bits per heavy atom. The van der Waals surface area contributed by atoms with Crippen molar-refractivity contribution in [1.29, 1.82) is 0 Å². The Bertz CT molecular complexity index is 1680. The van der Waals surface area contributed by atoms with Crippen LogP contribution >= 0.6 is 0 Å². The van der Waals surface area contributed by atoms with Crippen LogP contribution < -0.4 is 16.6 Å². The van der Waals surface area contributed by atoms with Gasteiger partial charge in [0.15, 0.2) is 11.2 Å². The number of aromatic nitrogens is 6. The molecule has 0 spiro atoms. The third-order valence-electron chi connectivity index (χ3n) is 5.37. The van der Waals surface area contributed by atoms with Crippen molar-refractivity contribution in [1.82, 2.24) is 28.7 Å². The number of fused-ring (bicyclic) bond motifs is 2. The standard InChI is InChI=1S/C22H18FN7O3/c1-28-11-24-20-18(28)21(32)30(22(33)29(20)2)10-17(31)25-14-6-7-15-16(9-14)27-19(26-15)12-4-3-5-13(23)8-12/h3-9,11H,10H2,1-2H3,(H,25,31)(H,26,27). The average molecular weight is 447 g/mol. The molecular formula is C22H18FN7O3. The minimum Gasteiger partial charge on any atom is -0.338 e. The number of aryl methyl sites for hydroxylation is 2. The van der Waals surface area contributed by atoms with Crippen molar-refractivity contribution in [2.45, 2.75) is 6.54 Å². The van der Waals surface area contributed by atoms with Gasteiger partial charge in [-0.25, -0.2) is 23.7 Å². The van der Waals surface area contributed by atoms with E-state index >= 15 is 0 Å². The van der Waals surface area contributed by atoms with Gasteiger partial charge in [-0.15, -0.1) is 0 Å². The van der Waals surface area contributed by atoms with Crippen LogP contribution in [0.2, 0.25) is 0 Å². The summed E-state index contributed by atoms with van der Waals surface area (Å²) in [4.78, 5) is 49.6. The summed E-state index contributed by atoms with van der Waals surface area (Å²) < 4.78 is 17.1. The molecule has 11 heteroatoms. The molecule has 2 aromatic carbocycles. The van der Waals surface area contributed by atoms with Crippen molar-refractivity contribution in [2.75, 3.05) is 5.32 Å². The molecule has 2 N–H and O–H groups in total. The molecule has 5 rings (SSSR count). The fraction of sp³-hybridized carbons (Fsp3) is 0.136. The van der Waals surface area contributed by atoms with Crippen LogP contribution in [0.1, 0.15) is 0 Å². The van der Waals surface area contributed by atoms with Crippen LogP contribution in [-0.4, -0.2) is 34.6 Å². The number of aromatic amines is 1. The molecule has 0 atom stereocenters. The van der Waals surface area contributed by atoms with Crippen LogP contribution in [0.3, 0.4) is 0 Å². The number of imidazole rings is 2. The van der Waals surface area contributed by atoms with Gasteiger partial charge in [-0.05, 0) is 30.3 Å². The van der Waals surface area contributed by atoms with Gasteiger partial charge in [0, 0.05) is 25.3 Å². The molecule has 0 saturated heterocycles. The molecule has 166 valence electrons. The molecule has 3 aromatic heterocycles. The first-order chi connectivity index (χ1) is 15.8. The number of carbonyl (C=O) groups excluding carboxylic acids is 1. The third kappa shape index (κ3) is 3.49. The molecule has 0 fully saturated rings. The Balaban J connectivity index is 1.42. The summed E-state index contributed by atoms with van der Waals surface area (Å²) in [5, 5.41) is 2.69. The smallest absolute Gasteiger partial charge is 0.332 e. The van der Waals surface area contributed by atoms with Crippen LogP contribution in [0.15, 0.2) is 58.4 Å². The highest BCUT2D eigenvalue weighted by molar-refractivity contribution is 5.93. The van der Waals surface area contributed by atoms with Crippen molar-refractivity contribution >= 4 is 33.8 Å². The van der Waals surface area contributed by atoms with Crippen molar-refractivity contribution in [3.05, 3.63) is 75.4 Å². The number of carbonyl (C=O) groups is 1. The Kier molecular flexibility index (Phi) is 4.66. The van der Waals surface area contributed by atoms with E-state index in [4.69, 9.17) is 0 Å². The quantitative estimate of drug-likeness (QED) is 0.435. The number of nitrogens with zero attached hydrogens (tertiary/aromatic N) is 5. The number of halogens is 1. The minimum absolute atomic E-state index is 0.230. The maximum atomic E-state index is 13.5. The van der Waals surface area contributed by atoms with Crippen molar-refractivity contribution in [3.63, 3.8) is 0 Å². The molecule has 5 aromatic rings. The van der Waals surface area contributed by atoms with Gasteiger partial charge in [0.2, 0.25) is 5.91 Å². The van der Waals surface area contributed by atoms with E-state index in [9.17, 15) is 18.8 Å². The number of anilines is 1. The van der Waals surface area contributed by atoms with Crippen molar-refractivity contribution < 1.29 is 9.18 Å². The van der Waals surface area contributed by atoms with Crippen LogP contribution in [-0.2, 0) is 25.4 Å². The Labute approximate surface area is 184 Å². The zero-order valence-electron chi connectivity index (χ0n) is 17.7. The summed E-state index contributed by atoms with van der Waals surface area (Å²) in [5.74, 6) is -0.418. The SMILES string of the molecule is Cn1cnc2c1c(=O)n(CC(=O)Nc1ccc3nc(-c4cccc(F)c4)[nH]c3c1)c(=O)n2C. The monoisotopic (exact) mass is 447 g/mol. The largest absolute Gasteiger partial charge is 0.338 e. The van der Waals surface area contributed by atoms with Gasteiger partial charge in [-0.3, -0.25) is 14.2 Å². The van der Waals surface area contributed by atoms with E-state index in [0.29, 0.717) is 28.1 Å². The van der Waals surface area contributed by atoms with Crippen LogP contribution in [0.25, 0.3) is 33.6 Å². The van der Waals surface area contributed by atoms with Crippen molar-refractivity contribution in [2.24, 2.45) is 14.1 Å². The number of hydrogen-bond donors (Lipinski definition) is 2. The molecule has 0 aliphatic carbocycles. The number of amides is 1. The van der Waals surface area contributed by atoms with E-state index in [2.05, 4.69) is 20.3 Å². The summed E-state index contributed by atoms with van der Waals surface area (Å²) in [7, 11) is 3.14. The number of benzene rings is 2. The number of H-pyrrole nitrogens is 1. The van der Waals surface area contributed by atoms with Crippen LogP contribution in [0.5, 0.6) is 0 Å². The summed E-state index contributed by atoms with van der Waals surface area (Å²) in [6, 6.07) is 11.1. The summed E-state index contributed by atoms with van der Waals surface area (Å²) in [5.41, 5.74) is 1.58. The highest BCUT2D eigenvalue weighted by Gasteiger charge is 2.17. The van der Waals surface area contributed by atoms with E-state index in [1.807, 2.05) is 0 Å². The molecule has 0 bridgehead atoms. The zero-order valence-corrected chi connectivity index (χ0v) is 17.7. The first kappa shape index (κ1) is 20.4. The molecule has 1 amide bonds. The molecule has 33 heavy (non-hydrogen) atoms. The second-order valence-corrected chi connectivity index (χ2v) is 7.64. The van der Waals surface area contributed by atoms with Gasteiger partial charge >= 0.3 is 5.69 Å². The van der Waals surface area contributed by atoms with E-state index in [1.54, 1.807) is 37.4 Å². The third-order valence-corrected chi connectivity index (χ3v) is 5.37. The average Bonchev–Trinajstić information content (AvgIpc) is 3.38. The lowest BCUT2D eigenvalue weighted by Gasteiger charge is -2.09. The molecule has 0 aliphatic rings. The summed E-state index contributed by atoms with van der Waals surface area (Å²) >= 11 is 0. The molecular weight excluding hydrogens is 429 g/mol. The molecule has 3 heterocycles.